The van der Waals surface area contributed by atoms with Crippen molar-refractivity contribution >= 4 is 11.9 Å². The van der Waals surface area contributed by atoms with Crippen molar-refractivity contribution in [2.45, 2.75) is 12.2 Å². The molecule has 6 nitrogen and oxygen atoms in total. The zero-order valence-corrected chi connectivity index (χ0v) is 10.2. The first-order valence-electron chi connectivity index (χ1n) is 5.83. The Morgan fingerprint density at radius 1 is 1.21 bits per heavy atom. The number of hydrogen-bond acceptors (Lipinski definition) is 5. The van der Waals surface area contributed by atoms with E-state index in [1.54, 1.807) is 30.3 Å². The molecule has 0 saturated carbocycles. The lowest BCUT2D eigenvalue weighted by atomic mass is 10.2. The third-order valence-electron chi connectivity index (χ3n) is 2.67. The lowest BCUT2D eigenvalue weighted by molar-refractivity contribution is -0.196. The lowest BCUT2D eigenvalue weighted by Gasteiger charge is -2.24. The van der Waals surface area contributed by atoms with Crippen molar-refractivity contribution in [1.82, 2.24) is 0 Å². The van der Waals surface area contributed by atoms with E-state index >= 15 is 0 Å². The summed E-state index contributed by atoms with van der Waals surface area (Å²) in [5.74, 6) is -2.97. The van der Waals surface area contributed by atoms with Crippen LogP contribution in [0.5, 0.6) is 0 Å². The molecular weight excluding hydrogens is 252 g/mol. The smallest absolute Gasteiger partial charge is 0.338 e. The summed E-state index contributed by atoms with van der Waals surface area (Å²) < 4.78 is 15.6. The second kappa shape index (κ2) is 5.81. The number of ether oxygens (including phenoxy) is 3. The number of carbonyl (C=O) groups excluding carboxylic acids is 1. The van der Waals surface area contributed by atoms with Crippen molar-refractivity contribution < 1.29 is 28.9 Å². The molecular formula is C13H14O6. The van der Waals surface area contributed by atoms with Crippen molar-refractivity contribution in [1.29, 1.82) is 0 Å². The molecule has 0 aliphatic carbocycles. The van der Waals surface area contributed by atoms with E-state index in [0.29, 0.717) is 5.56 Å². The van der Waals surface area contributed by atoms with Gasteiger partial charge >= 0.3 is 11.9 Å². The van der Waals surface area contributed by atoms with E-state index < -0.39 is 17.7 Å². The van der Waals surface area contributed by atoms with E-state index in [0.717, 1.165) is 0 Å². The maximum absolute atomic E-state index is 11.7. The second-order valence-electron chi connectivity index (χ2n) is 4.12. The van der Waals surface area contributed by atoms with Gasteiger partial charge in [0.2, 0.25) is 5.79 Å². The molecule has 0 atom stereocenters. The first-order valence-corrected chi connectivity index (χ1v) is 5.83. The van der Waals surface area contributed by atoms with Gasteiger partial charge in [0.1, 0.15) is 13.0 Å². The molecule has 19 heavy (non-hydrogen) atoms. The van der Waals surface area contributed by atoms with Gasteiger partial charge in [0, 0.05) is 0 Å². The minimum Gasteiger partial charge on any atom is -0.481 e. The molecule has 1 aromatic carbocycles. The van der Waals surface area contributed by atoms with Gasteiger partial charge in [-0.3, -0.25) is 4.79 Å². The summed E-state index contributed by atoms with van der Waals surface area (Å²) in [5.41, 5.74) is 0.394. The quantitative estimate of drug-likeness (QED) is 0.802. The molecule has 1 saturated heterocycles. The van der Waals surface area contributed by atoms with Gasteiger partial charge in [-0.25, -0.2) is 4.79 Å². The number of aliphatic carboxylic acids is 1. The van der Waals surface area contributed by atoms with E-state index in [1.807, 2.05) is 0 Å². The van der Waals surface area contributed by atoms with Crippen LogP contribution in [-0.4, -0.2) is 42.7 Å². The Hall–Kier alpha value is -1.92. The average molecular weight is 266 g/mol. The number of hydrogen-bond donors (Lipinski definition) is 1. The molecule has 1 fully saturated rings. The fourth-order valence-electron chi connectivity index (χ4n) is 1.80. The monoisotopic (exact) mass is 266 g/mol. The first-order chi connectivity index (χ1) is 9.11. The van der Waals surface area contributed by atoms with Crippen molar-refractivity contribution in [3.05, 3.63) is 35.9 Å². The molecule has 2 rings (SSSR count). The molecule has 102 valence electrons. The SMILES string of the molecule is O=C(O)CC1(COC(=O)c2ccccc2)OCCO1. The van der Waals surface area contributed by atoms with Crippen molar-refractivity contribution in [2.24, 2.45) is 0 Å². The Kier molecular flexibility index (Phi) is 4.13. The summed E-state index contributed by atoms with van der Waals surface area (Å²) in [5, 5.41) is 8.82. The standard InChI is InChI=1S/C13H14O6/c14-11(15)8-13(18-6-7-19-13)9-17-12(16)10-4-2-1-3-5-10/h1-5H,6-9H2,(H,14,15). The van der Waals surface area contributed by atoms with Crippen LogP contribution in [0, 0.1) is 0 Å². The van der Waals surface area contributed by atoms with E-state index in [2.05, 4.69) is 0 Å². The summed E-state index contributed by atoms with van der Waals surface area (Å²) in [4.78, 5) is 22.5. The van der Waals surface area contributed by atoms with Crippen LogP contribution in [0.1, 0.15) is 16.8 Å². The number of benzene rings is 1. The highest BCUT2D eigenvalue weighted by atomic mass is 16.8. The highest BCUT2D eigenvalue weighted by molar-refractivity contribution is 5.89. The maximum Gasteiger partial charge on any atom is 0.338 e. The second-order valence-corrected chi connectivity index (χ2v) is 4.12. The largest absolute Gasteiger partial charge is 0.481 e. The van der Waals surface area contributed by atoms with Crippen LogP contribution >= 0.6 is 0 Å². The van der Waals surface area contributed by atoms with Crippen LogP contribution in [0.3, 0.4) is 0 Å². The molecule has 0 radical (unpaired) electrons. The van der Waals surface area contributed by atoms with E-state index in [-0.39, 0.29) is 26.2 Å². The predicted molar refractivity (Wildman–Crippen MR) is 63.6 cm³/mol. The summed E-state index contributed by atoms with van der Waals surface area (Å²) >= 11 is 0. The topological polar surface area (TPSA) is 82.1 Å². The molecule has 0 spiro atoms. The van der Waals surface area contributed by atoms with Gasteiger partial charge in [0.25, 0.3) is 0 Å². The Balaban J connectivity index is 1.96. The lowest BCUT2D eigenvalue weighted by Crippen LogP contribution is -2.39. The normalized spacial score (nSPS) is 17.1. The molecule has 0 amide bonds. The Bertz CT molecular complexity index is 449. The molecule has 6 heteroatoms. The number of esters is 1. The first kappa shape index (κ1) is 13.5. The minimum absolute atomic E-state index is 0.243. The zero-order valence-electron chi connectivity index (χ0n) is 10.2. The summed E-state index contributed by atoms with van der Waals surface area (Å²) in [7, 11) is 0. The molecule has 0 aromatic heterocycles. The molecule has 1 aromatic rings. The average Bonchev–Trinajstić information content (AvgIpc) is 2.85. The van der Waals surface area contributed by atoms with Gasteiger partial charge in [-0.1, -0.05) is 18.2 Å². The summed E-state index contributed by atoms with van der Waals surface area (Å²) in [6.07, 6.45) is -0.366. The van der Waals surface area contributed by atoms with Crippen LogP contribution in [0.4, 0.5) is 0 Å². The van der Waals surface area contributed by atoms with Crippen LogP contribution in [-0.2, 0) is 19.0 Å². The molecule has 0 bridgehead atoms. The summed E-state index contributed by atoms with van der Waals surface area (Å²) in [6.45, 7) is 0.333. The van der Waals surface area contributed by atoms with Crippen molar-refractivity contribution in [3.63, 3.8) is 0 Å². The van der Waals surface area contributed by atoms with Gasteiger partial charge in [0.15, 0.2) is 0 Å². The van der Waals surface area contributed by atoms with Gasteiger partial charge in [0.05, 0.1) is 18.8 Å². The highest BCUT2D eigenvalue weighted by Crippen LogP contribution is 2.24. The molecule has 1 heterocycles. The number of carbonyl (C=O) groups is 2. The predicted octanol–water partition coefficient (Wildman–Crippen LogP) is 1.06. The van der Waals surface area contributed by atoms with Gasteiger partial charge in [-0.2, -0.15) is 0 Å². The highest BCUT2D eigenvalue weighted by Gasteiger charge is 2.40. The molecule has 1 N–H and O–H groups in total. The molecule has 0 unspecified atom stereocenters. The van der Waals surface area contributed by atoms with Crippen molar-refractivity contribution in [3.8, 4) is 0 Å². The van der Waals surface area contributed by atoms with Crippen LogP contribution in [0.25, 0.3) is 0 Å². The van der Waals surface area contributed by atoms with Gasteiger partial charge in [-0.05, 0) is 12.1 Å². The number of rotatable bonds is 5. The molecule has 1 aliphatic rings. The summed E-state index contributed by atoms with van der Waals surface area (Å²) in [6, 6.07) is 8.44. The van der Waals surface area contributed by atoms with E-state index in [1.165, 1.54) is 0 Å². The Labute approximate surface area is 109 Å². The van der Waals surface area contributed by atoms with Gasteiger partial charge < -0.3 is 19.3 Å². The van der Waals surface area contributed by atoms with E-state index in [9.17, 15) is 9.59 Å². The van der Waals surface area contributed by atoms with Crippen molar-refractivity contribution in [2.75, 3.05) is 19.8 Å². The Morgan fingerprint density at radius 3 is 2.42 bits per heavy atom. The maximum atomic E-state index is 11.7. The third-order valence-corrected chi connectivity index (χ3v) is 2.67. The Morgan fingerprint density at radius 2 is 1.84 bits per heavy atom. The van der Waals surface area contributed by atoms with Crippen LogP contribution < -0.4 is 0 Å². The number of carboxylic acids is 1. The third kappa shape index (κ3) is 3.52. The zero-order chi connectivity index (χ0) is 13.7. The molecule has 1 aliphatic heterocycles. The minimum atomic E-state index is -1.36. The van der Waals surface area contributed by atoms with Crippen LogP contribution in [0.15, 0.2) is 30.3 Å². The van der Waals surface area contributed by atoms with Gasteiger partial charge in [-0.15, -0.1) is 0 Å². The number of carboxylic acid groups (broad SMARTS) is 1. The van der Waals surface area contributed by atoms with E-state index in [4.69, 9.17) is 19.3 Å². The fourth-order valence-corrected chi connectivity index (χ4v) is 1.80. The fraction of sp³-hybridized carbons (Fsp3) is 0.385. The van der Waals surface area contributed by atoms with Crippen LogP contribution in [0.2, 0.25) is 0 Å².